The van der Waals surface area contributed by atoms with Crippen LogP contribution in [-0.4, -0.2) is 49.2 Å². The van der Waals surface area contributed by atoms with Crippen molar-refractivity contribution >= 4 is 5.91 Å². The molecule has 138 valence electrons. The molecule has 1 aliphatic carbocycles. The van der Waals surface area contributed by atoms with Crippen molar-refractivity contribution in [3.63, 3.8) is 0 Å². The molecule has 3 N–H and O–H groups in total. The summed E-state index contributed by atoms with van der Waals surface area (Å²) in [7, 11) is 0. The van der Waals surface area contributed by atoms with Gasteiger partial charge in [-0.3, -0.25) is 9.69 Å². The molecule has 1 aliphatic heterocycles. The maximum Gasteiger partial charge on any atom is 0.222 e. The molecule has 0 aromatic heterocycles. The lowest BCUT2D eigenvalue weighted by Crippen LogP contribution is -2.48. The summed E-state index contributed by atoms with van der Waals surface area (Å²) < 4.78 is 5.83. The smallest absolute Gasteiger partial charge is 0.222 e. The van der Waals surface area contributed by atoms with Crippen molar-refractivity contribution in [2.75, 3.05) is 26.2 Å². The van der Waals surface area contributed by atoms with Gasteiger partial charge in [0.15, 0.2) is 0 Å². The fourth-order valence-corrected chi connectivity index (χ4v) is 4.04. The fourth-order valence-electron chi connectivity index (χ4n) is 4.04. The molecule has 0 spiro atoms. The highest BCUT2D eigenvalue weighted by Crippen LogP contribution is 2.23. The van der Waals surface area contributed by atoms with E-state index < -0.39 is 0 Å². The van der Waals surface area contributed by atoms with Gasteiger partial charge in [-0.15, -0.1) is 0 Å². The molecule has 5 nitrogen and oxygen atoms in total. The normalized spacial score (nSPS) is 27.8. The van der Waals surface area contributed by atoms with Crippen LogP contribution in [0, 0.1) is 5.92 Å². The number of hydrogen-bond donors (Lipinski definition) is 2. The number of nitrogens with one attached hydrogen (secondary N) is 1. The van der Waals surface area contributed by atoms with Crippen molar-refractivity contribution in [2.24, 2.45) is 11.7 Å². The average molecular weight is 345 g/mol. The summed E-state index contributed by atoms with van der Waals surface area (Å²) in [6.45, 7) is 4.01. The van der Waals surface area contributed by atoms with E-state index >= 15 is 0 Å². The summed E-state index contributed by atoms with van der Waals surface area (Å²) in [6.07, 6.45) is 5.03. The van der Waals surface area contributed by atoms with Gasteiger partial charge in [0.1, 0.15) is 0 Å². The van der Waals surface area contributed by atoms with Crippen LogP contribution >= 0.6 is 0 Å². The summed E-state index contributed by atoms with van der Waals surface area (Å²) in [6, 6.07) is 10.7. The number of nitrogens with zero attached hydrogens (tertiary/aromatic N) is 1. The standard InChI is InChI=1S/C20H31N3O2/c21-13-17-8-4-5-9-19(17)22-20(24)12-18-15-23(10-11-25-18)14-16-6-2-1-3-7-16/h1-3,6-7,17-19H,4-5,8-15,21H2,(H,22,24). The molecular weight excluding hydrogens is 314 g/mol. The van der Waals surface area contributed by atoms with Crippen LogP contribution < -0.4 is 11.1 Å². The van der Waals surface area contributed by atoms with Gasteiger partial charge in [-0.05, 0) is 30.9 Å². The van der Waals surface area contributed by atoms with E-state index in [4.69, 9.17) is 10.5 Å². The molecule has 2 fully saturated rings. The van der Waals surface area contributed by atoms with Gasteiger partial charge in [0.05, 0.1) is 19.1 Å². The first kappa shape index (κ1) is 18.4. The largest absolute Gasteiger partial charge is 0.375 e. The number of benzene rings is 1. The predicted molar refractivity (Wildman–Crippen MR) is 99.0 cm³/mol. The minimum Gasteiger partial charge on any atom is -0.375 e. The van der Waals surface area contributed by atoms with Gasteiger partial charge < -0.3 is 15.8 Å². The van der Waals surface area contributed by atoms with E-state index in [1.807, 2.05) is 6.07 Å². The second-order valence-electron chi connectivity index (χ2n) is 7.37. The molecule has 3 rings (SSSR count). The van der Waals surface area contributed by atoms with Gasteiger partial charge in [0, 0.05) is 25.7 Å². The molecule has 1 saturated heterocycles. The maximum absolute atomic E-state index is 12.5. The third-order valence-electron chi connectivity index (χ3n) is 5.44. The summed E-state index contributed by atoms with van der Waals surface area (Å²) in [5, 5.41) is 3.21. The van der Waals surface area contributed by atoms with Crippen LogP contribution in [0.25, 0.3) is 0 Å². The molecule has 0 bridgehead atoms. The number of morpholine rings is 1. The number of carbonyl (C=O) groups excluding carboxylic acids is 1. The quantitative estimate of drug-likeness (QED) is 0.826. The Bertz CT molecular complexity index is 537. The SMILES string of the molecule is NCC1CCCCC1NC(=O)CC1CN(Cc2ccccc2)CCO1. The van der Waals surface area contributed by atoms with E-state index in [2.05, 4.69) is 34.5 Å². The van der Waals surface area contributed by atoms with Crippen LogP contribution in [0.15, 0.2) is 30.3 Å². The highest BCUT2D eigenvalue weighted by Gasteiger charge is 2.28. The molecule has 2 aliphatic rings. The minimum absolute atomic E-state index is 0.0163. The highest BCUT2D eigenvalue weighted by molar-refractivity contribution is 5.76. The first-order valence-electron chi connectivity index (χ1n) is 9.62. The lowest BCUT2D eigenvalue weighted by atomic mass is 9.84. The Morgan fingerprint density at radius 2 is 2.04 bits per heavy atom. The van der Waals surface area contributed by atoms with E-state index in [1.165, 1.54) is 18.4 Å². The third kappa shape index (κ3) is 5.53. The van der Waals surface area contributed by atoms with Crippen molar-refractivity contribution in [3.8, 4) is 0 Å². The first-order chi connectivity index (χ1) is 12.2. The van der Waals surface area contributed by atoms with Gasteiger partial charge in [-0.2, -0.15) is 0 Å². The fraction of sp³-hybridized carbons (Fsp3) is 0.650. The predicted octanol–water partition coefficient (Wildman–Crippen LogP) is 1.91. The minimum atomic E-state index is -0.0163. The molecule has 1 aromatic carbocycles. The second kappa shape index (κ2) is 9.32. The van der Waals surface area contributed by atoms with Crippen molar-refractivity contribution in [1.82, 2.24) is 10.2 Å². The number of rotatable bonds is 6. The van der Waals surface area contributed by atoms with Gasteiger partial charge in [-0.25, -0.2) is 0 Å². The number of amides is 1. The third-order valence-corrected chi connectivity index (χ3v) is 5.44. The van der Waals surface area contributed by atoms with Crippen LogP contribution in [0.4, 0.5) is 0 Å². The molecule has 25 heavy (non-hydrogen) atoms. The summed E-state index contributed by atoms with van der Waals surface area (Å²) in [5.74, 6) is 0.538. The summed E-state index contributed by atoms with van der Waals surface area (Å²) in [4.78, 5) is 14.8. The van der Waals surface area contributed by atoms with Gasteiger partial charge >= 0.3 is 0 Å². The van der Waals surface area contributed by atoms with E-state index in [0.29, 0.717) is 25.5 Å². The Morgan fingerprint density at radius 1 is 1.24 bits per heavy atom. The zero-order chi connectivity index (χ0) is 17.5. The Hall–Kier alpha value is -1.43. The monoisotopic (exact) mass is 345 g/mol. The number of nitrogens with two attached hydrogens (primary N) is 1. The van der Waals surface area contributed by atoms with E-state index in [-0.39, 0.29) is 18.1 Å². The topological polar surface area (TPSA) is 67.6 Å². The van der Waals surface area contributed by atoms with Crippen LogP contribution in [0.5, 0.6) is 0 Å². The van der Waals surface area contributed by atoms with E-state index in [1.54, 1.807) is 0 Å². The van der Waals surface area contributed by atoms with Crippen LogP contribution in [-0.2, 0) is 16.1 Å². The van der Waals surface area contributed by atoms with Gasteiger partial charge in [0.2, 0.25) is 5.91 Å². The van der Waals surface area contributed by atoms with E-state index in [9.17, 15) is 4.79 Å². The van der Waals surface area contributed by atoms with Gasteiger partial charge in [-0.1, -0.05) is 43.2 Å². The van der Waals surface area contributed by atoms with Crippen LogP contribution in [0.3, 0.4) is 0 Å². The van der Waals surface area contributed by atoms with Crippen molar-refractivity contribution in [1.29, 1.82) is 0 Å². The molecule has 1 saturated carbocycles. The maximum atomic E-state index is 12.5. The molecule has 5 heteroatoms. The lowest BCUT2D eigenvalue weighted by Gasteiger charge is -2.34. The Kier molecular flexibility index (Phi) is 6.84. The molecule has 1 heterocycles. The van der Waals surface area contributed by atoms with Crippen molar-refractivity contribution in [2.45, 2.75) is 50.8 Å². The molecule has 1 aromatic rings. The average Bonchev–Trinajstić information content (AvgIpc) is 2.63. The molecular formula is C20H31N3O2. The van der Waals surface area contributed by atoms with Gasteiger partial charge in [0.25, 0.3) is 0 Å². The van der Waals surface area contributed by atoms with Crippen molar-refractivity contribution < 1.29 is 9.53 Å². The summed E-state index contributed by atoms with van der Waals surface area (Å²) >= 11 is 0. The molecule has 3 unspecified atom stereocenters. The zero-order valence-corrected chi connectivity index (χ0v) is 15.0. The molecule has 1 amide bonds. The second-order valence-corrected chi connectivity index (χ2v) is 7.37. The Morgan fingerprint density at radius 3 is 2.84 bits per heavy atom. The number of ether oxygens (including phenoxy) is 1. The van der Waals surface area contributed by atoms with Crippen molar-refractivity contribution in [3.05, 3.63) is 35.9 Å². The molecule has 0 radical (unpaired) electrons. The van der Waals surface area contributed by atoms with Crippen LogP contribution in [0.1, 0.15) is 37.7 Å². The van der Waals surface area contributed by atoms with Crippen LogP contribution in [0.2, 0.25) is 0 Å². The highest BCUT2D eigenvalue weighted by atomic mass is 16.5. The lowest BCUT2D eigenvalue weighted by molar-refractivity contribution is -0.127. The Labute approximate surface area is 150 Å². The Balaban J connectivity index is 1.46. The first-order valence-corrected chi connectivity index (χ1v) is 9.62. The van der Waals surface area contributed by atoms with E-state index in [0.717, 1.165) is 32.5 Å². The number of hydrogen-bond acceptors (Lipinski definition) is 4. The number of carbonyl (C=O) groups is 1. The molecule has 3 atom stereocenters. The summed E-state index contributed by atoms with van der Waals surface area (Å²) in [5.41, 5.74) is 7.17. The zero-order valence-electron chi connectivity index (χ0n) is 15.0.